The first-order valence-corrected chi connectivity index (χ1v) is 9.78. The molecule has 1 fully saturated rings. The smallest absolute Gasteiger partial charge is 0.307 e. The number of aromatic nitrogens is 1. The Morgan fingerprint density at radius 3 is 2.54 bits per heavy atom. The van der Waals surface area contributed by atoms with E-state index in [0.29, 0.717) is 18.8 Å². The molecule has 1 N–H and O–H groups in total. The molecule has 1 saturated heterocycles. The van der Waals surface area contributed by atoms with Crippen molar-refractivity contribution in [3.63, 3.8) is 0 Å². The fraction of sp³-hybridized carbons (Fsp3) is 0.350. The first-order chi connectivity index (χ1) is 13.6. The van der Waals surface area contributed by atoms with Gasteiger partial charge in [0.05, 0.1) is 38.3 Å². The molecule has 0 aliphatic carbocycles. The van der Waals surface area contributed by atoms with Crippen molar-refractivity contribution in [3.8, 4) is 0 Å². The van der Waals surface area contributed by atoms with Gasteiger partial charge >= 0.3 is 5.97 Å². The number of nitrogens with one attached hydrogen (secondary N) is 1. The van der Waals surface area contributed by atoms with E-state index in [0.717, 1.165) is 28.9 Å². The van der Waals surface area contributed by atoms with Crippen molar-refractivity contribution in [2.75, 3.05) is 38.3 Å². The fourth-order valence-corrected chi connectivity index (χ4v) is 3.20. The molecule has 7 nitrogen and oxygen atoms in total. The number of amides is 1. The monoisotopic (exact) mass is 447 g/mol. The van der Waals surface area contributed by atoms with Crippen LogP contribution in [0.25, 0.3) is 0 Å². The number of carbonyl (C=O) groups is 2. The van der Waals surface area contributed by atoms with Gasteiger partial charge in [-0.2, -0.15) is 0 Å². The minimum absolute atomic E-state index is 0.0448. The standard InChI is InChI=1S/C20H22BrN3O4/c1-27-19(25)12-17(14-2-5-16(21)6-3-14)23-20(26)15-4-7-18(22-13-15)24-8-10-28-11-9-24/h2-7,13,17H,8-12H2,1H3,(H,23,26)/t17-/m0/s1. The van der Waals surface area contributed by atoms with Crippen molar-refractivity contribution < 1.29 is 19.1 Å². The molecular formula is C20H22BrN3O4. The van der Waals surface area contributed by atoms with E-state index in [1.54, 1.807) is 12.3 Å². The van der Waals surface area contributed by atoms with E-state index < -0.39 is 12.0 Å². The number of hydrogen-bond donors (Lipinski definition) is 1. The van der Waals surface area contributed by atoms with Crippen LogP contribution >= 0.6 is 15.9 Å². The molecule has 2 aromatic rings. The highest BCUT2D eigenvalue weighted by atomic mass is 79.9. The number of esters is 1. The Morgan fingerprint density at radius 1 is 1.21 bits per heavy atom. The Bertz CT molecular complexity index is 805. The summed E-state index contributed by atoms with van der Waals surface area (Å²) in [4.78, 5) is 31.0. The molecule has 1 atom stereocenters. The lowest BCUT2D eigenvalue weighted by atomic mass is 10.0. The lowest BCUT2D eigenvalue weighted by Crippen LogP contribution is -2.36. The summed E-state index contributed by atoms with van der Waals surface area (Å²) in [6.45, 7) is 2.91. The Morgan fingerprint density at radius 2 is 1.93 bits per heavy atom. The molecule has 1 aromatic heterocycles. The van der Waals surface area contributed by atoms with Crippen LogP contribution in [0.3, 0.4) is 0 Å². The van der Waals surface area contributed by atoms with Crippen molar-refractivity contribution in [2.24, 2.45) is 0 Å². The molecule has 148 valence electrons. The summed E-state index contributed by atoms with van der Waals surface area (Å²) in [6.07, 6.45) is 1.60. The number of methoxy groups -OCH3 is 1. The van der Waals surface area contributed by atoms with Crippen LogP contribution in [0.5, 0.6) is 0 Å². The maximum atomic E-state index is 12.7. The highest BCUT2D eigenvalue weighted by molar-refractivity contribution is 9.10. The molecular weight excluding hydrogens is 426 g/mol. The normalized spacial score (nSPS) is 15.0. The van der Waals surface area contributed by atoms with Crippen LogP contribution in [-0.4, -0.2) is 50.3 Å². The zero-order chi connectivity index (χ0) is 19.9. The molecule has 1 aliphatic heterocycles. The average molecular weight is 448 g/mol. The molecule has 1 amide bonds. The van der Waals surface area contributed by atoms with Crippen LogP contribution in [0.1, 0.15) is 28.4 Å². The van der Waals surface area contributed by atoms with Crippen LogP contribution in [0, 0.1) is 0 Å². The summed E-state index contributed by atoms with van der Waals surface area (Å²) in [5.41, 5.74) is 1.25. The molecule has 28 heavy (non-hydrogen) atoms. The van der Waals surface area contributed by atoms with Crippen molar-refractivity contribution in [1.82, 2.24) is 10.3 Å². The van der Waals surface area contributed by atoms with Crippen molar-refractivity contribution in [1.29, 1.82) is 0 Å². The number of pyridine rings is 1. The SMILES string of the molecule is COC(=O)C[C@H](NC(=O)c1ccc(N2CCOCC2)nc1)c1ccc(Br)cc1. The summed E-state index contributed by atoms with van der Waals surface area (Å²) in [6, 6.07) is 10.5. The van der Waals surface area contributed by atoms with Gasteiger partial charge in [0.1, 0.15) is 5.82 Å². The molecule has 0 bridgehead atoms. The number of benzene rings is 1. The Labute approximate surface area is 172 Å². The zero-order valence-electron chi connectivity index (χ0n) is 15.6. The van der Waals surface area contributed by atoms with Gasteiger partial charge in [-0.1, -0.05) is 28.1 Å². The quantitative estimate of drug-likeness (QED) is 0.685. The minimum atomic E-state index is -0.494. The second-order valence-corrected chi connectivity index (χ2v) is 7.28. The number of nitrogens with zero attached hydrogens (tertiary/aromatic N) is 2. The molecule has 8 heteroatoms. The Balaban J connectivity index is 1.71. The number of ether oxygens (including phenoxy) is 2. The van der Waals surface area contributed by atoms with E-state index in [9.17, 15) is 9.59 Å². The van der Waals surface area contributed by atoms with Gasteiger partial charge in [0.15, 0.2) is 0 Å². The maximum Gasteiger partial charge on any atom is 0.307 e. The van der Waals surface area contributed by atoms with E-state index in [1.807, 2.05) is 30.3 Å². The molecule has 0 unspecified atom stereocenters. The van der Waals surface area contributed by atoms with Crippen LogP contribution in [0.2, 0.25) is 0 Å². The molecule has 2 heterocycles. The van der Waals surface area contributed by atoms with Crippen molar-refractivity contribution >= 4 is 33.6 Å². The largest absolute Gasteiger partial charge is 0.469 e. The summed E-state index contributed by atoms with van der Waals surface area (Å²) in [7, 11) is 1.33. The highest BCUT2D eigenvalue weighted by Gasteiger charge is 2.20. The second kappa shape index (κ2) is 9.66. The molecule has 3 rings (SSSR count). The van der Waals surface area contributed by atoms with E-state index in [1.165, 1.54) is 7.11 Å². The predicted molar refractivity (Wildman–Crippen MR) is 108 cm³/mol. The number of halogens is 1. The lowest BCUT2D eigenvalue weighted by molar-refractivity contribution is -0.141. The first-order valence-electron chi connectivity index (χ1n) is 8.98. The predicted octanol–water partition coefficient (Wildman–Crippen LogP) is 2.71. The van der Waals surface area contributed by atoms with Crippen molar-refractivity contribution in [2.45, 2.75) is 12.5 Å². The van der Waals surface area contributed by atoms with E-state index in [2.05, 4.69) is 31.1 Å². The van der Waals surface area contributed by atoms with E-state index in [-0.39, 0.29) is 12.3 Å². The zero-order valence-corrected chi connectivity index (χ0v) is 17.1. The van der Waals surface area contributed by atoms with Crippen molar-refractivity contribution in [3.05, 3.63) is 58.2 Å². The van der Waals surface area contributed by atoms with E-state index in [4.69, 9.17) is 9.47 Å². The number of rotatable bonds is 6. The average Bonchev–Trinajstić information content (AvgIpc) is 2.74. The van der Waals surface area contributed by atoms with Gasteiger partial charge in [0, 0.05) is 23.8 Å². The number of morpholine rings is 1. The van der Waals surface area contributed by atoms with Crippen LogP contribution < -0.4 is 10.2 Å². The number of anilines is 1. The van der Waals surface area contributed by atoms with Crippen LogP contribution in [-0.2, 0) is 14.3 Å². The second-order valence-electron chi connectivity index (χ2n) is 6.36. The van der Waals surface area contributed by atoms with E-state index >= 15 is 0 Å². The number of hydrogen-bond acceptors (Lipinski definition) is 6. The Kier molecular flexibility index (Phi) is 7.00. The van der Waals surface area contributed by atoms with Gasteiger partial charge in [-0.15, -0.1) is 0 Å². The number of carbonyl (C=O) groups excluding carboxylic acids is 2. The summed E-state index contributed by atoms with van der Waals surface area (Å²) in [5.74, 6) is 0.130. The molecule has 0 saturated carbocycles. The van der Waals surface area contributed by atoms with Crippen LogP contribution in [0.4, 0.5) is 5.82 Å². The summed E-state index contributed by atoms with van der Waals surface area (Å²) in [5, 5.41) is 2.90. The van der Waals surface area contributed by atoms with Gasteiger partial charge in [-0.05, 0) is 29.8 Å². The molecule has 1 aliphatic rings. The van der Waals surface area contributed by atoms with Crippen LogP contribution in [0.15, 0.2) is 47.1 Å². The summed E-state index contributed by atoms with van der Waals surface area (Å²) >= 11 is 3.39. The lowest BCUT2D eigenvalue weighted by Gasteiger charge is -2.27. The van der Waals surface area contributed by atoms with Gasteiger partial charge < -0.3 is 19.7 Å². The minimum Gasteiger partial charge on any atom is -0.469 e. The third-order valence-electron chi connectivity index (χ3n) is 4.52. The van der Waals surface area contributed by atoms with Gasteiger partial charge in [-0.3, -0.25) is 9.59 Å². The maximum absolute atomic E-state index is 12.7. The first kappa shape index (κ1) is 20.3. The van der Waals surface area contributed by atoms with Gasteiger partial charge in [0.25, 0.3) is 5.91 Å². The van der Waals surface area contributed by atoms with Gasteiger partial charge in [0.2, 0.25) is 0 Å². The summed E-state index contributed by atoms with van der Waals surface area (Å²) < 4.78 is 11.0. The third kappa shape index (κ3) is 5.30. The van der Waals surface area contributed by atoms with Gasteiger partial charge in [-0.25, -0.2) is 4.98 Å². The molecule has 1 aromatic carbocycles. The Hall–Kier alpha value is -2.45. The fourth-order valence-electron chi connectivity index (χ4n) is 2.94. The molecule has 0 radical (unpaired) electrons. The highest BCUT2D eigenvalue weighted by Crippen LogP contribution is 2.21. The molecule has 0 spiro atoms. The topological polar surface area (TPSA) is 80.8 Å². The third-order valence-corrected chi connectivity index (χ3v) is 5.05.